The number of hydrogen-bond acceptors (Lipinski definition) is 5. The molecular weight excluding hydrogens is 316 g/mol. The summed E-state index contributed by atoms with van der Waals surface area (Å²) >= 11 is 0. The van der Waals surface area contributed by atoms with E-state index in [1.165, 1.54) is 4.31 Å². The van der Waals surface area contributed by atoms with Crippen molar-refractivity contribution in [3.8, 4) is 0 Å². The van der Waals surface area contributed by atoms with E-state index in [2.05, 4.69) is 0 Å². The van der Waals surface area contributed by atoms with Crippen LogP contribution in [0.5, 0.6) is 0 Å². The van der Waals surface area contributed by atoms with Crippen LogP contribution >= 0.6 is 0 Å². The topological polar surface area (TPSA) is 66.9 Å². The second kappa shape index (κ2) is 8.31. The van der Waals surface area contributed by atoms with E-state index >= 15 is 0 Å². The van der Waals surface area contributed by atoms with Crippen LogP contribution in [-0.4, -0.2) is 52.5 Å². The highest BCUT2D eigenvalue weighted by molar-refractivity contribution is 7.89. The Bertz CT molecular complexity index is 609. The Labute approximate surface area is 139 Å². The summed E-state index contributed by atoms with van der Waals surface area (Å²) in [6.07, 6.45) is 0. The predicted molar refractivity (Wildman–Crippen MR) is 91.0 cm³/mol. The monoisotopic (exact) mass is 342 g/mol. The van der Waals surface area contributed by atoms with Crippen molar-refractivity contribution >= 4 is 21.7 Å². The zero-order valence-electron chi connectivity index (χ0n) is 14.4. The van der Waals surface area contributed by atoms with Crippen LogP contribution in [0.3, 0.4) is 0 Å². The second-order valence-electron chi connectivity index (χ2n) is 5.88. The SMILES string of the molecule is CCOC(=O)CN(CC(C)C)S(=O)(=O)c1ccc(N(C)C)cc1. The van der Waals surface area contributed by atoms with Crippen molar-refractivity contribution in [2.45, 2.75) is 25.7 Å². The minimum Gasteiger partial charge on any atom is -0.465 e. The largest absolute Gasteiger partial charge is 0.465 e. The van der Waals surface area contributed by atoms with E-state index in [1.807, 2.05) is 32.8 Å². The van der Waals surface area contributed by atoms with Gasteiger partial charge in [0, 0.05) is 26.3 Å². The van der Waals surface area contributed by atoms with E-state index in [-0.39, 0.29) is 30.5 Å². The molecule has 0 bridgehead atoms. The summed E-state index contributed by atoms with van der Waals surface area (Å²) in [5, 5.41) is 0. The lowest BCUT2D eigenvalue weighted by molar-refractivity contribution is -0.143. The number of carbonyl (C=O) groups is 1. The van der Waals surface area contributed by atoms with Gasteiger partial charge in [-0.2, -0.15) is 4.31 Å². The maximum absolute atomic E-state index is 12.8. The summed E-state index contributed by atoms with van der Waals surface area (Å²) in [6.45, 7) is 5.72. The molecule has 0 saturated carbocycles. The summed E-state index contributed by atoms with van der Waals surface area (Å²) in [4.78, 5) is 13.8. The minimum absolute atomic E-state index is 0.0975. The molecule has 0 atom stereocenters. The Kier molecular flexibility index (Phi) is 7.02. The highest BCUT2D eigenvalue weighted by atomic mass is 32.2. The first-order chi connectivity index (χ1) is 10.7. The van der Waals surface area contributed by atoms with Crippen molar-refractivity contribution in [3.05, 3.63) is 24.3 Å². The van der Waals surface area contributed by atoms with Gasteiger partial charge in [-0.05, 0) is 37.1 Å². The summed E-state index contributed by atoms with van der Waals surface area (Å²) in [5.74, 6) is -0.443. The molecule has 0 aliphatic heterocycles. The van der Waals surface area contributed by atoms with Gasteiger partial charge >= 0.3 is 5.97 Å². The molecule has 130 valence electrons. The van der Waals surface area contributed by atoms with E-state index in [1.54, 1.807) is 31.2 Å². The standard InChI is InChI=1S/C16H26N2O4S/c1-6-22-16(19)12-18(11-13(2)3)23(20,21)15-9-7-14(8-10-15)17(4)5/h7-10,13H,6,11-12H2,1-5H3. The lowest BCUT2D eigenvalue weighted by Gasteiger charge is -2.23. The second-order valence-corrected chi connectivity index (χ2v) is 7.82. The minimum atomic E-state index is -3.74. The van der Waals surface area contributed by atoms with E-state index in [9.17, 15) is 13.2 Å². The first kappa shape index (κ1) is 19.4. The van der Waals surface area contributed by atoms with Crippen LogP contribution in [0.1, 0.15) is 20.8 Å². The van der Waals surface area contributed by atoms with Crippen LogP contribution in [0.25, 0.3) is 0 Å². The maximum Gasteiger partial charge on any atom is 0.321 e. The Morgan fingerprint density at radius 1 is 1.17 bits per heavy atom. The first-order valence-corrected chi connectivity index (χ1v) is 9.05. The van der Waals surface area contributed by atoms with Gasteiger partial charge in [-0.25, -0.2) is 8.42 Å². The molecule has 0 saturated heterocycles. The van der Waals surface area contributed by atoms with Crippen LogP contribution in [-0.2, 0) is 19.6 Å². The van der Waals surface area contributed by atoms with Crippen molar-refractivity contribution in [3.63, 3.8) is 0 Å². The van der Waals surface area contributed by atoms with Gasteiger partial charge in [0.05, 0.1) is 11.5 Å². The fourth-order valence-electron chi connectivity index (χ4n) is 2.07. The molecule has 0 aliphatic rings. The molecule has 6 nitrogen and oxygen atoms in total. The maximum atomic E-state index is 12.8. The zero-order valence-corrected chi connectivity index (χ0v) is 15.3. The van der Waals surface area contributed by atoms with E-state index in [0.717, 1.165) is 5.69 Å². The van der Waals surface area contributed by atoms with E-state index in [0.29, 0.717) is 0 Å². The molecule has 7 heteroatoms. The Morgan fingerprint density at radius 2 is 1.74 bits per heavy atom. The third kappa shape index (κ3) is 5.51. The molecule has 0 amide bonds. The molecule has 0 N–H and O–H groups in total. The van der Waals surface area contributed by atoms with Crippen LogP contribution in [0.2, 0.25) is 0 Å². The van der Waals surface area contributed by atoms with Gasteiger partial charge in [0.25, 0.3) is 0 Å². The molecule has 0 spiro atoms. The molecular formula is C16H26N2O4S. The average Bonchev–Trinajstić information content (AvgIpc) is 2.46. The van der Waals surface area contributed by atoms with E-state index in [4.69, 9.17) is 4.74 Å². The fraction of sp³-hybridized carbons (Fsp3) is 0.562. The smallest absolute Gasteiger partial charge is 0.321 e. The van der Waals surface area contributed by atoms with Crippen LogP contribution < -0.4 is 4.90 Å². The zero-order chi connectivity index (χ0) is 17.6. The van der Waals surface area contributed by atoms with Crippen molar-refractivity contribution in [2.75, 3.05) is 38.7 Å². The van der Waals surface area contributed by atoms with Crippen LogP contribution in [0, 0.1) is 5.92 Å². The molecule has 0 radical (unpaired) electrons. The number of nitrogens with zero attached hydrogens (tertiary/aromatic N) is 2. The Hall–Kier alpha value is -1.60. The first-order valence-electron chi connectivity index (χ1n) is 7.61. The Balaban J connectivity index is 3.08. The highest BCUT2D eigenvalue weighted by Gasteiger charge is 2.27. The summed E-state index contributed by atoms with van der Waals surface area (Å²) in [7, 11) is 0.0305. The number of esters is 1. The third-order valence-electron chi connectivity index (χ3n) is 3.17. The highest BCUT2D eigenvalue weighted by Crippen LogP contribution is 2.20. The van der Waals surface area contributed by atoms with Crippen LogP contribution in [0.4, 0.5) is 5.69 Å². The average molecular weight is 342 g/mol. The van der Waals surface area contributed by atoms with E-state index < -0.39 is 16.0 Å². The Morgan fingerprint density at radius 3 is 2.17 bits per heavy atom. The number of hydrogen-bond donors (Lipinski definition) is 0. The predicted octanol–water partition coefficient (Wildman–Crippen LogP) is 1.96. The molecule has 0 aromatic heterocycles. The number of benzene rings is 1. The molecule has 0 fully saturated rings. The van der Waals surface area contributed by atoms with Crippen LogP contribution in [0.15, 0.2) is 29.2 Å². The van der Waals surface area contributed by atoms with Gasteiger partial charge in [0.15, 0.2) is 0 Å². The molecule has 0 aliphatic carbocycles. The number of sulfonamides is 1. The lowest BCUT2D eigenvalue weighted by atomic mass is 10.2. The molecule has 1 aromatic rings. The molecule has 0 heterocycles. The van der Waals surface area contributed by atoms with Gasteiger partial charge in [-0.15, -0.1) is 0 Å². The third-order valence-corrected chi connectivity index (χ3v) is 5.00. The van der Waals surface area contributed by atoms with Gasteiger partial charge in [0.1, 0.15) is 6.54 Å². The van der Waals surface area contributed by atoms with Gasteiger partial charge in [-0.3, -0.25) is 4.79 Å². The number of ether oxygens (including phenoxy) is 1. The number of carbonyl (C=O) groups excluding carboxylic acids is 1. The quantitative estimate of drug-likeness (QED) is 0.676. The fourth-order valence-corrected chi connectivity index (χ4v) is 3.62. The molecule has 1 rings (SSSR count). The summed E-state index contributed by atoms with van der Waals surface area (Å²) in [6, 6.07) is 6.60. The molecule has 23 heavy (non-hydrogen) atoms. The van der Waals surface area contributed by atoms with Crippen molar-refractivity contribution < 1.29 is 17.9 Å². The van der Waals surface area contributed by atoms with Crippen molar-refractivity contribution in [1.29, 1.82) is 0 Å². The van der Waals surface area contributed by atoms with Crippen molar-refractivity contribution in [2.24, 2.45) is 5.92 Å². The van der Waals surface area contributed by atoms with Gasteiger partial charge in [-0.1, -0.05) is 13.8 Å². The summed E-state index contributed by atoms with van der Waals surface area (Å²) in [5.41, 5.74) is 0.907. The lowest BCUT2D eigenvalue weighted by Crippen LogP contribution is -2.38. The van der Waals surface area contributed by atoms with Gasteiger partial charge in [0.2, 0.25) is 10.0 Å². The van der Waals surface area contributed by atoms with Gasteiger partial charge < -0.3 is 9.64 Å². The van der Waals surface area contributed by atoms with Crippen molar-refractivity contribution in [1.82, 2.24) is 4.31 Å². The summed E-state index contributed by atoms with van der Waals surface area (Å²) < 4.78 is 31.7. The number of anilines is 1. The molecule has 1 aromatic carbocycles. The number of rotatable bonds is 8. The normalized spacial score (nSPS) is 11.8. The molecule has 0 unspecified atom stereocenters.